The summed E-state index contributed by atoms with van der Waals surface area (Å²) in [6, 6.07) is 57.8. The van der Waals surface area contributed by atoms with Gasteiger partial charge in [0, 0.05) is 100 Å². The van der Waals surface area contributed by atoms with Crippen LogP contribution in [0.2, 0.25) is 0 Å². The van der Waals surface area contributed by atoms with Crippen molar-refractivity contribution in [3.05, 3.63) is 204 Å². The van der Waals surface area contributed by atoms with Crippen LogP contribution >= 0.6 is 0 Å². The number of aryl methyl sites for hydroxylation is 2. The summed E-state index contributed by atoms with van der Waals surface area (Å²) >= 11 is 0. The second kappa shape index (κ2) is 29.8. The third-order valence-corrected chi connectivity index (χ3v) is 16.7. The van der Waals surface area contributed by atoms with Gasteiger partial charge in [-0.3, -0.25) is 24.3 Å². The fourth-order valence-electron chi connectivity index (χ4n) is 12.1. The molecule has 0 spiro atoms. The van der Waals surface area contributed by atoms with E-state index in [0.29, 0.717) is 37.0 Å². The molecule has 2 saturated heterocycles. The van der Waals surface area contributed by atoms with Crippen molar-refractivity contribution in [1.29, 1.82) is 0 Å². The largest absolute Gasteiger partial charge is 0.497 e. The highest BCUT2D eigenvalue weighted by Gasteiger charge is 2.37. The highest BCUT2D eigenvalue weighted by molar-refractivity contribution is 5.75. The number of ether oxygens (including phenoxy) is 2. The molecule has 4 heterocycles. The Morgan fingerprint density at radius 1 is 0.512 bits per heavy atom. The number of ketones is 2. The number of methoxy groups -OCH3 is 2. The van der Waals surface area contributed by atoms with Crippen LogP contribution in [0.3, 0.4) is 0 Å². The molecule has 0 amide bonds. The number of carbonyl (C=O) groups is 2. The molecule has 0 saturated carbocycles. The van der Waals surface area contributed by atoms with Gasteiger partial charge in [-0.2, -0.15) is 10.2 Å². The fraction of sp³-hybridized carbons (Fsp3) is 0.400. The van der Waals surface area contributed by atoms with Gasteiger partial charge in [0.2, 0.25) is 0 Å². The number of piperazine rings is 2. The lowest BCUT2D eigenvalue weighted by atomic mass is 9.92. The highest BCUT2D eigenvalue weighted by atomic mass is 16.5. The van der Waals surface area contributed by atoms with E-state index < -0.39 is 0 Å². The van der Waals surface area contributed by atoms with E-state index in [-0.39, 0.29) is 23.7 Å². The van der Waals surface area contributed by atoms with E-state index in [1.807, 2.05) is 21.5 Å². The number of unbranched alkanes of at least 4 members (excludes halogenated alkanes) is 2. The Kier molecular flexibility index (Phi) is 21.6. The van der Waals surface area contributed by atoms with Gasteiger partial charge < -0.3 is 19.1 Å². The Hall–Kier alpha value is -7.62. The zero-order chi connectivity index (χ0) is 59.0. The number of benzene rings is 6. The predicted octanol–water partition coefficient (Wildman–Crippen LogP) is 12.8. The SMILES string of the molecule is COc1cccc(C(c2ccc(-c3ncn(CCCCC(C)=O)n3)cc2)N2CC(C)N(Cc3ccccc3)CC2C)c1.COc1cccc(C(c2ccc(-c3ncnn3CCCCC(C)=O)cc2)N2CC(C)N(Cc3ccccc3)CC2C)c1. The van der Waals surface area contributed by atoms with Crippen LogP contribution in [0.5, 0.6) is 11.5 Å². The van der Waals surface area contributed by atoms with E-state index in [4.69, 9.17) is 14.6 Å². The van der Waals surface area contributed by atoms with Crippen molar-refractivity contribution in [2.75, 3.05) is 40.4 Å². The summed E-state index contributed by atoms with van der Waals surface area (Å²) in [6.07, 6.45) is 8.20. The van der Waals surface area contributed by atoms with E-state index in [2.05, 4.69) is 208 Å². The standard InChI is InChI=1S/2C35H43N5O2/c1-26-23-40(27(2)22-38(26)24-29-12-6-5-7-13-29)34(32-14-10-15-33(21-32)42-4)30-16-18-31(19-17-30)35-36-25-39(37-35)20-9-8-11-28(3)41;1-26-23-39(27(2)22-38(26)24-29-12-6-5-7-13-29)34(32-14-10-15-33(21-32)42-4)30-16-18-31(19-17-30)35-36-25-37-40(35)20-9-8-11-28(3)41/h2*5-7,10,12-19,21,25-27,34H,8-9,11,20,22-24H2,1-4H3. The van der Waals surface area contributed by atoms with Gasteiger partial charge in [-0.05, 0) is 125 Å². The van der Waals surface area contributed by atoms with Crippen molar-refractivity contribution >= 4 is 11.6 Å². The molecule has 2 aliphatic rings. The lowest BCUT2D eigenvalue weighted by Crippen LogP contribution is -2.56. The first-order valence-corrected chi connectivity index (χ1v) is 30.2. The second-order valence-electron chi connectivity index (χ2n) is 23.2. The molecule has 0 bridgehead atoms. The lowest BCUT2D eigenvalue weighted by Gasteiger charge is -2.47. The minimum absolute atomic E-state index is 0.0925. The maximum Gasteiger partial charge on any atom is 0.181 e. The molecule has 8 aromatic rings. The average Bonchev–Trinajstić information content (AvgIpc) is 4.15. The summed E-state index contributed by atoms with van der Waals surface area (Å²) in [6.45, 7) is 20.1. The van der Waals surface area contributed by atoms with Gasteiger partial charge in [-0.15, -0.1) is 0 Å². The van der Waals surface area contributed by atoms with Crippen LogP contribution < -0.4 is 9.47 Å². The van der Waals surface area contributed by atoms with Crippen LogP contribution in [0.1, 0.15) is 126 Å². The molecule has 14 nitrogen and oxygen atoms in total. The summed E-state index contributed by atoms with van der Waals surface area (Å²) in [5, 5.41) is 9.15. The Bertz CT molecular complexity index is 3310. The molecule has 10 rings (SSSR count). The van der Waals surface area contributed by atoms with Gasteiger partial charge in [0.1, 0.15) is 35.7 Å². The van der Waals surface area contributed by atoms with Gasteiger partial charge in [-0.1, -0.05) is 133 Å². The lowest BCUT2D eigenvalue weighted by molar-refractivity contribution is -0.118. The number of carbonyl (C=O) groups excluding carboxylic acids is 2. The first-order chi connectivity index (χ1) is 40.8. The molecule has 84 heavy (non-hydrogen) atoms. The summed E-state index contributed by atoms with van der Waals surface area (Å²) in [5.74, 6) is 3.79. The monoisotopic (exact) mass is 1130 g/mol. The smallest absolute Gasteiger partial charge is 0.181 e. The summed E-state index contributed by atoms with van der Waals surface area (Å²) in [4.78, 5) is 42.1. The fourth-order valence-corrected chi connectivity index (χ4v) is 12.1. The molecule has 6 atom stereocenters. The topological polar surface area (TPSA) is 127 Å². The van der Waals surface area contributed by atoms with Crippen LogP contribution in [0, 0.1) is 0 Å². The Morgan fingerprint density at radius 3 is 1.46 bits per heavy atom. The summed E-state index contributed by atoms with van der Waals surface area (Å²) in [5.41, 5.74) is 9.70. The van der Waals surface area contributed by atoms with Gasteiger partial charge >= 0.3 is 0 Å². The summed E-state index contributed by atoms with van der Waals surface area (Å²) < 4.78 is 15.1. The molecule has 6 unspecified atom stereocenters. The second-order valence-corrected chi connectivity index (χ2v) is 23.2. The van der Waals surface area contributed by atoms with Crippen LogP contribution in [0.15, 0.2) is 170 Å². The van der Waals surface area contributed by atoms with Crippen LogP contribution in [0.25, 0.3) is 22.8 Å². The molecule has 0 aliphatic carbocycles. The molecular formula is C70H86N10O4. The number of hydrogen-bond donors (Lipinski definition) is 0. The zero-order valence-electron chi connectivity index (χ0n) is 50.6. The van der Waals surface area contributed by atoms with Crippen molar-refractivity contribution in [2.45, 2.75) is 142 Å². The molecule has 2 aliphatic heterocycles. The molecule has 440 valence electrons. The van der Waals surface area contributed by atoms with Crippen molar-refractivity contribution < 1.29 is 19.1 Å². The third-order valence-electron chi connectivity index (χ3n) is 16.7. The minimum Gasteiger partial charge on any atom is -0.497 e. The molecule has 14 heteroatoms. The predicted molar refractivity (Wildman–Crippen MR) is 335 cm³/mol. The normalized spacial score (nSPS) is 18.6. The van der Waals surface area contributed by atoms with Crippen LogP contribution in [0.4, 0.5) is 0 Å². The van der Waals surface area contributed by atoms with Crippen LogP contribution in [-0.4, -0.2) is 125 Å². The molecular weight excluding hydrogens is 1040 g/mol. The quantitative estimate of drug-likeness (QED) is 0.0535. The average molecular weight is 1130 g/mol. The number of hydrogen-bond acceptors (Lipinski definition) is 12. The Labute approximate surface area is 498 Å². The van der Waals surface area contributed by atoms with Gasteiger partial charge in [0.15, 0.2) is 11.6 Å². The van der Waals surface area contributed by atoms with E-state index in [1.54, 1.807) is 40.7 Å². The molecule has 0 N–H and O–H groups in total. The molecule has 0 radical (unpaired) electrons. The van der Waals surface area contributed by atoms with Crippen molar-refractivity contribution in [3.63, 3.8) is 0 Å². The first kappa shape index (κ1) is 61.0. The maximum absolute atomic E-state index is 11.3. The minimum atomic E-state index is 0.0925. The van der Waals surface area contributed by atoms with Gasteiger partial charge in [0.05, 0.1) is 26.3 Å². The third kappa shape index (κ3) is 16.2. The van der Waals surface area contributed by atoms with Crippen molar-refractivity contribution in [3.8, 4) is 34.3 Å². The van der Waals surface area contributed by atoms with Crippen molar-refractivity contribution in [1.82, 2.24) is 49.1 Å². The Balaban J connectivity index is 0.000000202. The Morgan fingerprint density at radius 2 is 0.988 bits per heavy atom. The highest BCUT2D eigenvalue weighted by Crippen LogP contribution is 2.38. The van der Waals surface area contributed by atoms with Gasteiger partial charge in [-0.25, -0.2) is 14.6 Å². The zero-order valence-corrected chi connectivity index (χ0v) is 50.6. The van der Waals surface area contributed by atoms with Gasteiger partial charge in [0.25, 0.3) is 0 Å². The van der Waals surface area contributed by atoms with E-state index in [9.17, 15) is 9.59 Å². The number of rotatable bonds is 24. The summed E-state index contributed by atoms with van der Waals surface area (Å²) in [7, 11) is 3.46. The number of Topliss-reactive ketones (excluding diaryl/α,β-unsaturated/α-hetero) is 2. The molecule has 2 fully saturated rings. The number of nitrogens with zero attached hydrogens (tertiary/aromatic N) is 10. The van der Waals surface area contributed by atoms with E-state index >= 15 is 0 Å². The first-order valence-electron chi connectivity index (χ1n) is 30.2. The van der Waals surface area contributed by atoms with Crippen molar-refractivity contribution in [2.24, 2.45) is 0 Å². The molecule has 2 aromatic heterocycles. The van der Waals surface area contributed by atoms with Crippen LogP contribution in [-0.2, 0) is 35.8 Å². The molecule has 6 aromatic carbocycles. The van der Waals surface area contributed by atoms with E-state index in [1.165, 1.54) is 33.4 Å². The number of aromatic nitrogens is 6. The maximum atomic E-state index is 11.3. The van der Waals surface area contributed by atoms with E-state index in [0.717, 1.165) is 112 Å².